The van der Waals surface area contributed by atoms with Crippen LogP contribution in [0.2, 0.25) is 0 Å². The van der Waals surface area contributed by atoms with Crippen molar-refractivity contribution in [1.82, 2.24) is 10.1 Å². The number of thioether (sulfide) groups is 1. The van der Waals surface area contributed by atoms with Gasteiger partial charge in [-0.25, -0.2) is 0 Å². The maximum absolute atomic E-state index is 5.28. The summed E-state index contributed by atoms with van der Waals surface area (Å²) in [7, 11) is 0. The highest BCUT2D eigenvalue weighted by Gasteiger charge is 2.22. The lowest BCUT2D eigenvalue weighted by Gasteiger charge is -1.97. The Morgan fingerprint density at radius 2 is 2.50 bits per heavy atom. The monoisotopic (exact) mass is 214 g/mol. The van der Waals surface area contributed by atoms with E-state index in [0.717, 1.165) is 43.5 Å². The fourth-order valence-electron chi connectivity index (χ4n) is 1.46. The molecule has 0 bridgehead atoms. The van der Waals surface area contributed by atoms with Crippen molar-refractivity contribution in [2.45, 2.75) is 18.8 Å². The minimum atomic E-state index is 0.349. The number of aromatic nitrogens is 2. The molecule has 1 aliphatic rings. The van der Waals surface area contributed by atoms with E-state index in [2.05, 4.69) is 16.4 Å². The van der Waals surface area contributed by atoms with E-state index >= 15 is 0 Å². The first kappa shape index (κ1) is 9.98. The van der Waals surface area contributed by atoms with Crippen molar-refractivity contribution in [1.29, 1.82) is 0 Å². The average molecular weight is 214 g/mol. The quantitative estimate of drug-likeness (QED) is 0.759. The van der Waals surface area contributed by atoms with Crippen LogP contribution in [-0.2, 0) is 11.2 Å². The fraction of sp³-hybridized carbons (Fsp3) is 0.778. The molecule has 78 valence electrons. The molecule has 0 N–H and O–H groups in total. The molecule has 0 aliphatic carbocycles. The van der Waals surface area contributed by atoms with Crippen LogP contribution in [0, 0.1) is 0 Å². The summed E-state index contributed by atoms with van der Waals surface area (Å²) in [5, 5.41) is 3.98. The predicted molar refractivity (Wildman–Crippen MR) is 54.6 cm³/mol. The fourth-order valence-corrected chi connectivity index (χ4v) is 1.84. The Kier molecular flexibility index (Phi) is 3.42. The van der Waals surface area contributed by atoms with Crippen molar-refractivity contribution in [3.8, 4) is 0 Å². The van der Waals surface area contributed by atoms with Gasteiger partial charge in [-0.2, -0.15) is 16.7 Å². The van der Waals surface area contributed by atoms with Crippen LogP contribution >= 0.6 is 11.8 Å². The molecule has 5 heteroatoms. The lowest BCUT2D eigenvalue weighted by Crippen LogP contribution is -2.00. The minimum Gasteiger partial charge on any atom is -0.381 e. The smallest absolute Gasteiger partial charge is 0.227 e. The second-order valence-electron chi connectivity index (χ2n) is 3.35. The number of aryl methyl sites for hydroxylation is 1. The van der Waals surface area contributed by atoms with E-state index in [0.29, 0.717) is 5.92 Å². The van der Waals surface area contributed by atoms with Crippen molar-refractivity contribution in [3.05, 3.63) is 11.7 Å². The molecule has 1 saturated heterocycles. The first-order valence-corrected chi connectivity index (χ1v) is 6.18. The van der Waals surface area contributed by atoms with E-state index in [1.165, 1.54) is 0 Å². The van der Waals surface area contributed by atoms with E-state index in [9.17, 15) is 0 Å². The van der Waals surface area contributed by atoms with Crippen LogP contribution in [0.3, 0.4) is 0 Å². The van der Waals surface area contributed by atoms with Gasteiger partial charge in [0.05, 0.1) is 6.61 Å². The molecular weight excluding hydrogens is 200 g/mol. The van der Waals surface area contributed by atoms with Gasteiger partial charge in [0.1, 0.15) is 0 Å². The van der Waals surface area contributed by atoms with Crippen LogP contribution in [-0.4, -0.2) is 35.4 Å². The normalized spacial score (nSPS) is 21.6. The molecule has 4 nitrogen and oxygen atoms in total. The molecule has 2 rings (SSSR count). The van der Waals surface area contributed by atoms with Crippen LogP contribution in [0.25, 0.3) is 0 Å². The molecule has 1 aromatic heterocycles. The van der Waals surface area contributed by atoms with Crippen molar-refractivity contribution in [3.63, 3.8) is 0 Å². The Morgan fingerprint density at radius 1 is 1.57 bits per heavy atom. The third-order valence-electron chi connectivity index (χ3n) is 2.30. The van der Waals surface area contributed by atoms with Gasteiger partial charge in [0.25, 0.3) is 0 Å². The van der Waals surface area contributed by atoms with Gasteiger partial charge < -0.3 is 9.26 Å². The predicted octanol–water partition coefficient (Wildman–Crippen LogP) is 1.48. The molecule has 1 aliphatic heterocycles. The number of hydrogen-bond donors (Lipinski definition) is 0. The van der Waals surface area contributed by atoms with Gasteiger partial charge in [-0.15, -0.1) is 0 Å². The zero-order chi connectivity index (χ0) is 9.80. The zero-order valence-electron chi connectivity index (χ0n) is 8.23. The van der Waals surface area contributed by atoms with Gasteiger partial charge in [0.15, 0.2) is 5.82 Å². The standard InChI is InChI=1S/C9H14N2O2S/c1-14-5-3-8-10-9(11-13-8)7-2-4-12-6-7/h7H,2-6H2,1H3/t7-/m0/s1. The number of nitrogens with zero attached hydrogens (tertiary/aromatic N) is 2. The Labute approximate surface area is 87.4 Å². The summed E-state index contributed by atoms with van der Waals surface area (Å²) < 4.78 is 10.4. The summed E-state index contributed by atoms with van der Waals surface area (Å²) in [6, 6.07) is 0. The molecule has 1 aromatic rings. The van der Waals surface area contributed by atoms with Crippen molar-refractivity contribution < 1.29 is 9.26 Å². The Balaban J connectivity index is 1.94. The SMILES string of the molecule is CSCCc1nc([C@H]2CCOC2)no1. The lowest BCUT2D eigenvalue weighted by molar-refractivity contribution is 0.192. The molecule has 1 fully saturated rings. The van der Waals surface area contributed by atoms with E-state index in [1.807, 2.05) is 0 Å². The van der Waals surface area contributed by atoms with Gasteiger partial charge in [0, 0.05) is 24.7 Å². The van der Waals surface area contributed by atoms with Crippen LogP contribution in [0.5, 0.6) is 0 Å². The van der Waals surface area contributed by atoms with E-state index in [1.54, 1.807) is 11.8 Å². The summed E-state index contributed by atoms with van der Waals surface area (Å²) in [5.74, 6) is 2.95. The van der Waals surface area contributed by atoms with E-state index in [4.69, 9.17) is 9.26 Å². The second kappa shape index (κ2) is 4.79. The van der Waals surface area contributed by atoms with Gasteiger partial charge in [0.2, 0.25) is 5.89 Å². The lowest BCUT2D eigenvalue weighted by atomic mass is 10.1. The van der Waals surface area contributed by atoms with Gasteiger partial charge >= 0.3 is 0 Å². The summed E-state index contributed by atoms with van der Waals surface area (Å²) in [4.78, 5) is 4.36. The number of rotatable bonds is 4. The molecule has 14 heavy (non-hydrogen) atoms. The highest BCUT2D eigenvalue weighted by molar-refractivity contribution is 7.98. The van der Waals surface area contributed by atoms with Gasteiger partial charge in [-0.1, -0.05) is 5.16 Å². The number of hydrogen-bond acceptors (Lipinski definition) is 5. The molecule has 0 amide bonds. The molecule has 0 spiro atoms. The van der Waals surface area contributed by atoms with Crippen LogP contribution in [0.4, 0.5) is 0 Å². The summed E-state index contributed by atoms with van der Waals surface area (Å²) in [6.07, 6.45) is 3.95. The molecule has 0 aromatic carbocycles. The Hall–Kier alpha value is -0.550. The van der Waals surface area contributed by atoms with Crippen molar-refractivity contribution in [2.75, 3.05) is 25.2 Å². The summed E-state index contributed by atoms with van der Waals surface area (Å²) in [6.45, 7) is 1.56. The van der Waals surface area contributed by atoms with Crippen LogP contribution < -0.4 is 0 Å². The largest absolute Gasteiger partial charge is 0.381 e. The van der Waals surface area contributed by atoms with Crippen molar-refractivity contribution >= 4 is 11.8 Å². The third kappa shape index (κ3) is 2.27. The first-order chi connectivity index (χ1) is 6.90. The first-order valence-electron chi connectivity index (χ1n) is 4.79. The summed E-state index contributed by atoms with van der Waals surface area (Å²) in [5.41, 5.74) is 0. The molecular formula is C9H14N2O2S. The number of ether oxygens (including phenoxy) is 1. The molecule has 0 radical (unpaired) electrons. The van der Waals surface area contributed by atoms with Crippen molar-refractivity contribution in [2.24, 2.45) is 0 Å². The topological polar surface area (TPSA) is 48.2 Å². The Morgan fingerprint density at radius 3 is 3.21 bits per heavy atom. The average Bonchev–Trinajstić information content (AvgIpc) is 2.85. The second-order valence-corrected chi connectivity index (χ2v) is 4.34. The van der Waals surface area contributed by atoms with E-state index < -0.39 is 0 Å². The Bertz CT molecular complexity index is 284. The minimum absolute atomic E-state index is 0.349. The highest BCUT2D eigenvalue weighted by Crippen LogP contribution is 2.22. The van der Waals surface area contributed by atoms with E-state index in [-0.39, 0.29) is 0 Å². The molecule has 0 saturated carbocycles. The molecule has 0 unspecified atom stereocenters. The van der Waals surface area contributed by atoms with Gasteiger partial charge in [-0.3, -0.25) is 0 Å². The molecule has 2 heterocycles. The van der Waals surface area contributed by atoms with Crippen LogP contribution in [0.1, 0.15) is 24.1 Å². The molecule has 1 atom stereocenters. The maximum atomic E-state index is 5.28. The summed E-state index contributed by atoms with van der Waals surface area (Å²) >= 11 is 1.79. The highest BCUT2D eigenvalue weighted by atomic mass is 32.2. The zero-order valence-corrected chi connectivity index (χ0v) is 9.05. The van der Waals surface area contributed by atoms with Gasteiger partial charge in [-0.05, 0) is 12.7 Å². The maximum Gasteiger partial charge on any atom is 0.227 e. The van der Waals surface area contributed by atoms with Crippen LogP contribution in [0.15, 0.2) is 4.52 Å². The third-order valence-corrected chi connectivity index (χ3v) is 2.91.